The van der Waals surface area contributed by atoms with Crippen LogP contribution in [-0.2, 0) is 24.6 Å². The van der Waals surface area contributed by atoms with Crippen LogP contribution in [0.1, 0.15) is 17.2 Å². The lowest BCUT2D eigenvalue weighted by atomic mass is 9.99. The van der Waals surface area contributed by atoms with Crippen molar-refractivity contribution in [3.05, 3.63) is 70.5 Å². The Morgan fingerprint density at radius 2 is 2.00 bits per heavy atom. The normalized spacial score (nSPS) is 23.7. The third kappa shape index (κ3) is 3.40. The average molecular weight is 369 g/mol. The Kier molecular flexibility index (Phi) is 4.18. The number of ether oxygens (including phenoxy) is 1. The number of halogens is 2. The topological polar surface area (TPSA) is 55.9 Å². The van der Waals surface area contributed by atoms with Crippen LogP contribution >= 0.6 is 11.6 Å². The zero-order chi connectivity index (χ0) is 16.7. The first-order valence-electron chi connectivity index (χ1n) is 6.84. The third-order valence-electron chi connectivity index (χ3n) is 3.70. The van der Waals surface area contributed by atoms with Crippen molar-refractivity contribution in [3.63, 3.8) is 0 Å². The summed E-state index contributed by atoms with van der Waals surface area (Å²) >= 11 is 6.19. The number of rotatable bonds is 5. The number of hydrogen-bond donors (Lipinski definition) is 0. The van der Waals surface area contributed by atoms with Crippen molar-refractivity contribution < 1.29 is 21.7 Å². The fourth-order valence-corrected chi connectivity index (χ4v) is 3.14. The zero-order valence-electron chi connectivity index (χ0n) is 12.2. The van der Waals surface area contributed by atoms with E-state index in [0.717, 1.165) is 11.8 Å². The Morgan fingerprint density at radius 3 is 2.61 bits per heavy atom. The smallest absolute Gasteiger partial charge is 0.264 e. The van der Waals surface area contributed by atoms with Gasteiger partial charge < -0.3 is 4.74 Å². The molecule has 1 heterocycles. The Morgan fingerprint density at radius 1 is 1.35 bits per heavy atom. The van der Waals surface area contributed by atoms with E-state index in [4.69, 9.17) is 20.5 Å². The van der Waals surface area contributed by atoms with Gasteiger partial charge in [-0.25, -0.2) is 4.39 Å². The van der Waals surface area contributed by atoms with Crippen LogP contribution in [0.15, 0.2) is 48.5 Å². The molecule has 0 aromatic heterocycles. The van der Waals surface area contributed by atoms with Crippen molar-refractivity contribution in [3.8, 4) is 0 Å². The highest BCUT2D eigenvalue weighted by atomic mass is 35.5. The van der Waals surface area contributed by atoms with Crippen LogP contribution < -0.4 is 0 Å². The second-order valence-electron chi connectivity index (χ2n) is 5.38. The van der Waals surface area contributed by atoms with Gasteiger partial charge in [-0.05, 0) is 23.8 Å². The van der Waals surface area contributed by atoms with Crippen LogP contribution in [0, 0.1) is 5.82 Å². The van der Waals surface area contributed by atoms with E-state index in [1.54, 1.807) is 30.3 Å². The maximum atomic E-state index is 13.2. The van der Waals surface area contributed by atoms with Crippen molar-refractivity contribution in [2.45, 2.75) is 11.7 Å². The maximum Gasteiger partial charge on any atom is 0.264 e. The Bertz CT molecular complexity index is 822. The van der Waals surface area contributed by atoms with Gasteiger partial charge in [-0.2, -0.15) is 8.42 Å². The van der Waals surface area contributed by atoms with E-state index < -0.39 is 21.8 Å². The summed E-state index contributed by atoms with van der Waals surface area (Å²) in [7, 11) is -3.64. The summed E-state index contributed by atoms with van der Waals surface area (Å²) in [6, 6.07) is 12.8. The molecule has 7 heteroatoms. The second-order valence-corrected chi connectivity index (χ2v) is 7.43. The molecule has 0 bridgehead atoms. The van der Waals surface area contributed by atoms with Crippen molar-refractivity contribution in [2.75, 3.05) is 12.9 Å². The first-order chi connectivity index (χ1) is 10.8. The largest absolute Gasteiger partial charge is 0.353 e. The summed E-state index contributed by atoms with van der Waals surface area (Å²) in [5.74, 6) is -0.386. The van der Waals surface area contributed by atoms with Crippen LogP contribution in [0.25, 0.3) is 0 Å². The molecule has 2 atom stereocenters. The summed E-state index contributed by atoms with van der Waals surface area (Å²) in [6.45, 7) is -0.201. The lowest BCUT2D eigenvalue weighted by Crippen LogP contribution is -2.21. The fraction of sp³-hybridized carbons (Fsp3) is 0.250. The minimum Gasteiger partial charge on any atom is -0.353 e. The predicted molar refractivity (Wildman–Crippen MR) is 84.2 cm³/mol. The van der Waals surface area contributed by atoms with E-state index in [1.165, 1.54) is 12.1 Å². The minimum atomic E-state index is -3.64. The molecule has 0 saturated carbocycles. The molecule has 0 aliphatic carbocycles. The van der Waals surface area contributed by atoms with Crippen LogP contribution in [0.2, 0.25) is 5.02 Å². The molecule has 2 aromatic rings. The summed E-state index contributed by atoms with van der Waals surface area (Å²) < 4.78 is 46.6. The van der Waals surface area contributed by atoms with Crippen LogP contribution in [0.5, 0.6) is 0 Å². The summed E-state index contributed by atoms with van der Waals surface area (Å²) in [5.41, 5.74) is 0.366. The number of hydrogen-bond acceptors (Lipinski definition) is 4. The molecule has 23 heavy (non-hydrogen) atoms. The van der Waals surface area contributed by atoms with Gasteiger partial charge in [0.2, 0.25) is 0 Å². The van der Waals surface area contributed by atoms with Crippen molar-refractivity contribution in [1.29, 1.82) is 0 Å². The van der Waals surface area contributed by atoms with Gasteiger partial charge in [0, 0.05) is 10.6 Å². The molecule has 0 radical (unpaired) electrons. The molecule has 1 saturated heterocycles. The minimum absolute atomic E-state index is 0.201. The highest BCUT2D eigenvalue weighted by Gasteiger charge is 2.60. The van der Waals surface area contributed by atoms with E-state index >= 15 is 0 Å². The SMILES string of the molecule is CS(=O)(=O)OC[C@]1(c2ccc(F)cc2)O[C@@H]1[14c]1[14cH][14cH][14cH][14cH][14c]1Cl. The second kappa shape index (κ2) is 5.87. The molecular formula is C16H14ClFO4S. The molecule has 0 amide bonds. The maximum absolute atomic E-state index is 13.2. The molecule has 2 aromatic carbocycles. The molecule has 4 nitrogen and oxygen atoms in total. The molecular weight excluding hydrogens is 355 g/mol. The Balaban J connectivity index is 1.96. The van der Waals surface area contributed by atoms with Gasteiger partial charge in [0.15, 0.2) is 0 Å². The van der Waals surface area contributed by atoms with Gasteiger partial charge in [-0.15, -0.1) is 0 Å². The first kappa shape index (κ1) is 16.4. The average Bonchev–Trinajstić information content (AvgIpc) is 3.21. The molecule has 0 unspecified atom stereocenters. The Hall–Kier alpha value is -1.47. The van der Waals surface area contributed by atoms with Crippen LogP contribution in [0.3, 0.4) is 0 Å². The van der Waals surface area contributed by atoms with E-state index in [2.05, 4.69) is 0 Å². The molecule has 1 aliphatic rings. The number of epoxide rings is 1. The zero-order valence-corrected chi connectivity index (χ0v) is 13.8. The molecule has 122 valence electrons. The quantitative estimate of drug-likeness (QED) is 0.599. The molecule has 0 N–H and O–H groups in total. The molecule has 1 fully saturated rings. The van der Waals surface area contributed by atoms with Gasteiger partial charge in [-0.1, -0.05) is 41.9 Å². The van der Waals surface area contributed by atoms with Gasteiger partial charge in [0.25, 0.3) is 10.1 Å². The Labute approximate surface area is 138 Å². The third-order valence-corrected chi connectivity index (χ3v) is 4.59. The van der Waals surface area contributed by atoms with Crippen LogP contribution in [-0.4, -0.2) is 21.3 Å². The standard InChI is InChI=1S/C16H14ClFO4S/c1-23(19,20)21-10-16(11-6-8-12(18)9-7-11)15(22-16)13-4-2-3-5-14(13)17/h2-9,15H,10H2,1H3/t15-,16-/m1/s1/i2+2,3+2,4+2,5+2,13+2,14+2. The molecule has 0 spiro atoms. The number of benzene rings is 2. The lowest BCUT2D eigenvalue weighted by Gasteiger charge is -2.14. The van der Waals surface area contributed by atoms with Gasteiger partial charge in [-0.3, -0.25) is 4.18 Å². The fourth-order valence-electron chi connectivity index (χ4n) is 2.52. The highest BCUT2D eigenvalue weighted by Crippen LogP contribution is 2.58. The summed E-state index contributed by atoms with van der Waals surface area (Å²) in [6.07, 6.45) is 0.515. The molecule has 3 rings (SSSR count). The van der Waals surface area contributed by atoms with E-state index in [1.807, 2.05) is 6.07 Å². The summed E-state index contributed by atoms with van der Waals surface area (Å²) in [5, 5.41) is 0.515. The van der Waals surface area contributed by atoms with E-state index in [0.29, 0.717) is 10.6 Å². The van der Waals surface area contributed by atoms with Gasteiger partial charge in [0.1, 0.15) is 24.1 Å². The predicted octanol–water partition coefficient (Wildman–Crippen LogP) is 3.42. The van der Waals surface area contributed by atoms with Crippen molar-refractivity contribution in [2.24, 2.45) is 0 Å². The van der Waals surface area contributed by atoms with E-state index in [-0.39, 0.29) is 12.4 Å². The lowest BCUT2D eigenvalue weighted by molar-refractivity contribution is 0.194. The van der Waals surface area contributed by atoms with Gasteiger partial charge in [0.05, 0.1) is 6.26 Å². The van der Waals surface area contributed by atoms with E-state index in [9.17, 15) is 12.8 Å². The van der Waals surface area contributed by atoms with Crippen LogP contribution in [0.4, 0.5) is 4.39 Å². The summed E-state index contributed by atoms with van der Waals surface area (Å²) in [4.78, 5) is 0. The molecule has 1 aliphatic heterocycles. The van der Waals surface area contributed by atoms with Crippen molar-refractivity contribution in [1.82, 2.24) is 0 Å². The monoisotopic (exact) mass is 368 g/mol. The highest BCUT2D eigenvalue weighted by molar-refractivity contribution is 7.85. The van der Waals surface area contributed by atoms with Crippen molar-refractivity contribution >= 4 is 21.7 Å². The first-order valence-corrected chi connectivity index (χ1v) is 9.04. The van der Waals surface area contributed by atoms with Gasteiger partial charge >= 0.3 is 0 Å².